The van der Waals surface area contributed by atoms with Crippen molar-refractivity contribution < 1.29 is 0 Å². The number of hydrogen-bond donors (Lipinski definition) is 0. The summed E-state index contributed by atoms with van der Waals surface area (Å²) in [6, 6.07) is 13.7. The molecule has 41 heavy (non-hydrogen) atoms. The third-order valence-electron chi connectivity index (χ3n) is 11.9. The number of pyridine rings is 2. The van der Waals surface area contributed by atoms with Crippen LogP contribution in [0.25, 0.3) is 11.4 Å². The monoisotopic (exact) mass is 590 g/mol. The zero-order chi connectivity index (χ0) is 27.9. The third kappa shape index (κ3) is 7.66. The minimum absolute atomic E-state index is 0.0281. The van der Waals surface area contributed by atoms with Crippen molar-refractivity contribution in [1.82, 2.24) is 9.97 Å². The fourth-order valence-electron chi connectivity index (χ4n) is 9.54. The SMILES string of the molecule is B[PH](Cc1cccc(-c2cccc(CP(C3CCCCC3)C3CCCCC3)n2)n1)(C1CCCCC1)C1CCCCC1. The zero-order valence-corrected chi connectivity index (χ0v) is 28.1. The van der Waals surface area contributed by atoms with E-state index >= 15 is 0 Å². The molecule has 0 atom stereocenters. The van der Waals surface area contributed by atoms with E-state index in [1.807, 2.05) is 0 Å². The molecule has 2 aromatic rings. The fraction of sp³-hybridized carbons (Fsp3) is 0.722. The summed E-state index contributed by atoms with van der Waals surface area (Å²) in [7, 11) is 1.36. The molecule has 5 heteroatoms. The van der Waals surface area contributed by atoms with E-state index in [2.05, 4.69) is 44.0 Å². The van der Waals surface area contributed by atoms with Crippen molar-refractivity contribution in [3.63, 3.8) is 0 Å². The van der Waals surface area contributed by atoms with E-state index in [1.165, 1.54) is 152 Å². The van der Waals surface area contributed by atoms with Gasteiger partial charge in [-0.15, -0.1) is 0 Å². The van der Waals surface area contributed by atoms with Crippen LogP contribution in [0, 0.1) is 0 Å². The Bertz CT molecular complexity index is 1050. The predicted octanol–water partition coefficient (Wildman–Crippen LogP) is 10.3. The van der Waals surface area contributed by atoms with E-state index in [0.717, 1.165) is 34.0 Å². The molecule has 0 unspecified atom stereocenters. The van der Waals surface area contributed by atoms with Crippen LogP contribution in [0.4, 0.5) is 0 Å². The minimum atomic E-state index is -1.46. The van der Waals surface area contributed by atoms with Gasteiger partial charge in [0.05, 0.1) is 0 Å². The molecular weight excluding hydrogens is 533 g/mol. The topological polar surface area (TPSA) is 25.8 Å². The molecule has 0 bridgehead atoms. The molecular formula is C36H57BN2P2. The maximum atomic E-state index is 5.40. The summed E-state index contributed by atoms with van der Waals surface area (Å²) < 4.78 is 0. The van der Waals surface area contributed by atoms with Crippen LogP contribution in [0.3, 0.4) is 0 Å². The second kappa shape index (κ2) is 14.8. The van der Waals surface area contributed by atoms with Gasteiger partial charge in [-0.1, -0.05) is 12.8 Å². The Morgan fingerprint density at radius 1 is 0.561 bits per heavy atom. The van der Waals surface area contributed by atoms with E-state index < -0.39 is 7.14 Å². The van der Waals surface area contributed by atoms with Gasteiger partial charge in [-0.25, -0.2) is 0 Å². The molecule has 4 aliphatic carbocycles. The van der Waals surface area contributed by atoms with Gasteiger partial charge in [0, 0.05) is 0 Å². The summed E-state index contributed by atoms with van der Waals surface area (Å²) in [5.41, 5.74) is 8.92. The van der Waals surface area contributed by atoms with Crippen LogP contribution >= 0.6 is 15.1 Å². The summed E-state index contributed by atoms with van der Waals surface area (Å²) in [6.45, 7) is 0. The number of rotatable bonds is 9. The van der Waals surface area contributed by atoms with E-state index in [4.69, 9.17) is 9.97 Å². The summed E-state index contributed by atoms with van der Waals surface area (Å²) >= 11 is 0. The maximum absolute atomic E-state index is 5.40. The molecule has 2 aromatic heterocycles. The molecule has 6 rings (SSSR count). The zero-order valence-electron chi connectivity index (χ0n) is 26.2. The standard InChI is InChI=1S/C36H57BN2P2/c37-41(33-21-9-3-10-22-33,34-23-11-4-12-24-34)28-30-16-14-26-36(39-30)35-25-13-15-29(38-35)27-40(31-17-5-1-6-18-31)32-19-7-2-8-20-32/h13-16,25-26,31-34,41H,1-12,17-24,27-28,37H2. The van der Waals surface area contributed by atoms with Crippen LogP contribution < -0.4 is 0 Å². The second-order valence-corrected chi connectivity index (χ2v) is 22.4. The Labute approximate surface area is 254 Å². The molecule has 4 fully saturated rings. The van der Waals surface area contributed by atoms with Crippen molar-refractivity contribution in [3.05, 3.63) is 47.8 Å². The quantitative estimate of drug-likeness (QED) is 0.215. The first-order chi connectivity index (χ1) is 20.2. The molecule has 2 heterocycles. The van der Waals surface area contributed by atoms with Crippen molar-refractivity contribution >= 4 is 22.6 Å². The van der Waals surface area contributed by atoms with Crippen molar-refractivity contribution in [2.45, 2.75) is 163 Å². The van der Waals surface area contributed by atoms with E-state index in [9.17, 15) is 0 Å². The van der Waals surface area contributed by atoms with Crippen LogP contribution in [-0.2, 0) is 12.3 Å². The Hall–Kier alpha value is -0.775. The summed E-state index contributed by atoms with van der Waals surface area (Å²) in [4.78, 5) is 10.7. The number of aromatic nitrogens is 2. The Kier molecular flexibility index (Phi) is 10.9. The van der Waals surface area contributed by atoms with Gasteiger partial charge in [-0.3, -0.25) is 0 Å². The van der Waals surface area contributed by atoms with Gasteiger partial charge < -0.3 is 0 Å². The van der Waals surface area contributed by atoms with Gasteiger partial charge in [0.2, 0.25) is 0 Å². The van der Waals surface area contributed by atoms with E-state index in [0.29, 0.717) is 0 Å². The summed E-state index contributed by atoms with van der Waals surface area (Å²) in [5.74, 6) is 0. The molecule has 2 nitrogen and oxygen atoms in total. The van der Waals surface area contributed by atoms with Crippen LogP contribution in [0.5, 0.6) is 0 Å². The normalized spacial score (nSPS) is 23.1. The predicted molar refractivity (Wildman–Crippen MR) is 186 cm³/mol. The van der Waals surface area contributed by atoms with Gasteiger partial charge in [0.25, 0.3) is 0 Å². The molecule has 0 spiro atoms. The average Bonchev–Trinajstić information content (AvgIpc) is 3.05. The van der Waals surface area contributed by atoms with Gasteiger partial charge >= 0.3 is 242 Å². The molecule has 0 N–H and O–H groups in total. The van der Waals surface area contributed by atoms with Crippen LogP contribution in [0.15, 0.2) is 36.4 Å². The van der Waals surface area contributed by atoms with Gasteiger partial charge in [-0.05, 0) is 0 Å². The molecule has 0 aromatic carbocycles. The Morgan fingerprint density at radius 3 is 1.46 bits per heavy atom. The number of nitrogens with zero attached hydrogens (tertiary/aromatic N) is 2. The van der Waals surface area contributed by atoms with Gasteiger partial charge in [0.1, 0.15) is 0 Å². The molecule has 0 saturated heterocycles. The Morgan fingerprint density at radius 2 is 0.976 bits per heavy atom. The van der Waals surface area contributed by atoms with E-state index in [1.54, 1.807) is 0 Å². The Balaban J connectivity index is 1.21. The molecule has 4 aliphatic rings. The van der Waals surface area contributed by atoms with Crippen LogP contribution in [0.1, 0.15) is 140 Å². The van der Waals surface area contributed by atoms with Gasteiger partial charge in [-0.2, -0.15) is 0 Å². The van der Waals surface area contributed by atoms with Crippen LogP contribution in [0.2, 0.25) is 0 Å². The third-order valence-corrected chi connectivity index (χ3v) is 21.6. The molecule has 224 valence electrons. The van der Waals surface area contributed by atoms with Crippen molar-refractivity contribution in [1.29, 1.82) is 0 Å². The fourth-order valence-corrected chi connectivity index (χ4v) is 18.9. The van der Waals surface area contributed by atoms with Crippen molar-refractivity contribution in [2.24, 2.45) is 0 Å². The van der Waals surface area contributed by atoms with Crippen molar-refractivity contribution in [3.8, 4) is 11.4 Å². The average molecular weight is 591 g/mol. The second-order valence-electron chi connectivity index (χ2n) is 14.6. The van der Waals surface area contributed by atoms with Crippen LogP contribution in [-0.4, -0.2) is 40.2 Å². The number of hydrogen-bond acceptors (Lipinski definition) is 2. The van der Waals surface area contributed by atoms with E-state index in [-0.39, 0.29) is 7.92 Å². The van der Waals surface area contributed by atoms with Crippen molar-refractivity contribution in [2.75, 3.05) is 0 Å². The first-order valence-electron chi connectivity index (χ1n) is 17.9. The molecule has 4 saturated carbocycles. The summed E-state index contributed by atoms with van der Waals surface area (Å²) in [5, 5.41) is 0. The molecule has 0 amide bonds. The molecule has 0 aliphatic heterocycles. The molecule has 0 radical (unpaired) electrons. The first kappa shape index (κ1) is 30.3. The van der Waals surface area contributed by atoms with Gasteiger partial charge in [0.15, 0.2) is 0 Å². The summed E-state index contributed by atoms with van der Waals surface area (Å²) in [6.07, 6.45) is 32.0. The first-order valence-corrected chi connectivity index (χ1v) is 22.4.